The van der Waals surface area contributed by atoms with E-state index in [1.807, 2.05) is 43.5 Å². The van der Waals surface area contributed by atoms with Crippen LogP contribution in [0.1, 0.15) is 34.2 Å². The highest BCUT2D eigenvalue weighted by molar-refractivity contribution is 6.09. The number of benzene rings is 2. The molecule has 0 saturated heterocycles. The van der Waals surface area contributed by atoms with E-state index in [4.69, 9.17) is 9.47 Å². The van der Waals surface area contributed by atoms with Gasteiger partial charge in [-0.15, -0.1) is 0 Å². The summed E-state index contributed by atoms with van der Waals surface area (Å²) in [5.74, 6) is -0.216. The average molecular weight is 444 g/mol. The molecule has 1 N–H and O–H groups in total. The Morgan fingerprint density at radius 2 is 1.85 bits per heavy atom. The van der Waals surface area contributed by atoms with Gasteiger partial charge in [-0.05, 0) is 80.9 Å². The largest absolute Gasteiger partial charge is 0.494 e. The number of amides is 1. The Hall–Kier alpha value is -4.31. The van der Waals surface area contributed by atoms with Gasteiger partial charge in [0.1, 0.15) is 17.4 Å². The summed E-state index contributed by atoms with van der Waals surface area (Å²) < 4.78 is 12.2. The number of nitriles is 1. The summed E-state index contributed by atoms with van der Waals surface area (Å²) in [7, 11) is 1.34. The summed E-state index contributed by atoms with van der Waals surface area (Å²) in [6, 6.07) is 17.9. The van der Waals surface area contributed by atoms with E-state index in [0.717, 1.165) is 22.6 Å². The van der Waals surface area contributed by atoms with Gasteiger partial charge in [-0.3, -0.25) is 4.79 Å². The Labute approximate surface area is 192 Å². The van der Waals surface area contributed by atoms with Crippen LogP contribution in [-0.2, 0) is 9.53 Å². The third-order valence-electron chi connectivity index (χ3n) is 5.08. The Morgan fingerprint density at radius 3 is 2.48 bits per heavy atom. The molecule has 7 nitrogen and oxygen atoms in total. The van der Waals surface area contributed by atoms with Crippen molar-refractivity contribution in [3.8, 4) is 17.5 Å². The first-order chi connectivity index (χ1) is 15.9. The lowest BCUT2D eigenvalue weighted by Gasteiger charge is -2.11. The smallest absolute Gasteiger partial charge is 0.337 e. The van der Waals surface area contributed by atoms with E-state index in [1.54, 1.807) is 48.5 Å². The molecule has 1 aromatic heterocycles. The minimum Gasteiger partial charge on any atom is -0.494 e. The highest BCUT2D eigenvalue weighted by atomic mass is 16.5. The second-order valence-electron chi connectivity index (χ2n) is 7.29. The van der Waals surface area contributed by atoms with Crippen molar-refractivity contribution in [2.75, 3.05) is 19.0 Å². The number of nitrogens with zero attached hydrogens (tertiary/aromatic N) is 2. The van der Waals surface area contributed by atoms with Crippen LogP contribution in [0.2, 0.25) is 0 Å². The van der Waals surface area contributed by atoms with Crippen molar-refractivity contribution in [1.82, 2.24) is 4.57 Å². The van der Waals surface area contributed by atoms with Crippen LogP contribution >= 0.6 is 0 Å². The average Bonchev–Trinajstić information content (AvgIpc) is 3.10. The highest BCUT2D eigenvalue weighted by Crippen LogP contribution is 2.24. The van der Waals surface area contributed by atoms with Crippen LogP contribution in [-0.4, -0.2) is 30.2 Å². The maximum absolute atomic E-state index is 12.7. The number of carbonyl (C=O) groups is 2. The molecule has 7 heteroatoms. The number of nitrogens with one attached hydrogen (secondary N) is 1. The lowest BCUT2D eigenvalue weighted by atomic mass is 10.1. The van der Waals surface area contributed by atoms with Gasteiger partial charge in [0.05, 0.1) is 19.3 Å². The topological polar surface area (TPSA) is 93.4 Å². The van der Waals surface area contributed by atoms with E-state index < -0.39 is 11.9 Å². The molecule has 0 aliphatic heterocycles. The van der Waals surface area contributed by atoms with Crippen LogP contribution in [0.4, 0.5) is 5.69 Å². The number of ether oxygens (including phenoxy) is 2. The molecule has 1 amide bonds. The number of carbonyl (C=O) groups excluding carboxylic acids is 2. The van der Waals surface area contributed by atoms with Gasteiger partial charge in [0, 0.05) is 22.8 Å². The normalized spacial score (nSPS) is 10.9. The van der Waals surface area contributed by atoms with E-state index in [9.17, 15) is 14.9 Å². The molecular weight excluding hydrogens is 418 g/mol. The molecular formula is C26H25N3O4. The van der Waals surface area contributed by atoms with Crippen LogP contribution < -0.4 is 10.1 Å². The fourth-order valence-electron chi connectivity index (χ4n) is 3.52. The lowest BCUT2D eigenvalue weighted by molar-refractivity contribution is -0.112. The van der Waals surface area contributed by atoms with E-state index in [-0.39, 0.29) is 5.57 Å². The van der Waals surface area contributed by atoms with Gasteiger partial charge in [0.15, 0.2) is 0 Å². The minimum atomic E-state index is -0.501. The number of aryl methyl sites for hydroxylation is 1. The van der Waals surface area contributed by atoms with Crippen molar-refractivity contribution in [2.45, 2.75) is 20.8 Å². The minimum absolute atomic E-state index is 0.0209. The molecule has 0 bridgehead atoms. The molecule has 0 atom stereocenters. The zero-order valence-corrected chi connectivity index (χ0v) is 19.0. The van der Waals surface area contributed by atoms with Crippen molar-refractivity contribution < 1.29 is 19.1 Å². The number of rotatable bonds is 7. The maximum Gasteiger partial charge on any atom is 0.337 e. The summed E-state index contributed by atoms with van der Waals surface area (Å²) in [6.07, 6.45) is 1.56. The van der Waals surface area contributed by atoms with Gasteiger partial charge in [0.2, 0.25) is 0 Å². The second kappa shape index (κ2) is 10.3. The molecule has 2 aromatic carbocycles. The third kappa shape index (κ3) is 5.31. The van der Waals surface area contributed by atoms with Gasteiger partial charge in [-0.2, -0.15) is 5.26 Å². The Morgan fingerprint density at radius 1 is 1.12 bits per heavy atom. The summed E-state index contributed by atoms with van der Waals surface area (Å²) in [5, 5.41) is 12.3. The second-order valence-corrected chi connectivity index (χ2v) is 7.29. The lowest BCUT2D eigenvalue weighted by Crippen LogP contribution is -2.13. The molecule has 0 fully saturated rings. The number of hydrogen-bond donors (Lipinski definition) is 1. The number of hydrogen-bond acceptors (Lipinski definition) is 5. The number of esters is 1. The molecule has 1 heterocycles. The van der Waals surface area contributed by atoms with Crippen molar-refractivity contribution >= 4 is 23.6 Å². The zero-order valence-electron chi connectivity index (χ0n) is 19.0. The van der Waals surface area contributed by atoms with E-state index in [1.165, 1.54) is 7.11 Å². The summed E-state index contributed by atoms with van der Waals surface area (Å²) in [5.41, 5.74) is 4.22. The first-order valence-electron chi connectivity index (χ1n) is 10.4. The Balaban J connectivity index is 1.88. The number of methoxy groups -OCH3 is 1. The zero-order chi connectivity index (χ0) is 24.0. The van der Waals surface area contributed by atoms with E-state index >= 15 is 0 Å². The van der Waals surface area contributed by atoms with Gasteiger partial charge in [0.25, 0.3) is 5.91 Å². The van der Waals surface area contributed by atoms with Gasteiger partial charge in [-0.25, -0.2) is 4.79 Å². The SMILES string of the molecule is CCOc1ccc(NC(=O)C(C#N)=Cc2cc(C)n(-c3cccc(C(=O)OC)c3)c2C)cc1. The summed E-state index contributed by atoms with van der Waals surface area (Å²) in [4.78, 5) is 24.6. The van der Waals surface area contributed by atoms with Crippen molar-refractivity contribution in [1.29, 1.82) is 5.26 Å². The van der Waals surface area contributed by atoms with Crippen LogP contribution in [0, 0.1) is 25.2 Å². The summed E-state index contributed by atoms with van der Waals surface area (Å²) >= 11 is 0. The molecule has 33 heavy (non-hydrogen) atoms. The first kappa shape index (κ1) is 23.4. The molecule has 0 aliphatic rings. The third-order valence-corrected chi connectivity index (χ3v) is 5.08. The quantitative estimate of drug-likeness (QED) is 0.321. The fourth-order valence-corrected chi connectivity index (χ4v) is 3.52. The van der Waals surface area contributed by atoms with Crippen molar-refractivity contribution in [3.63, 3.8) is 0 Å². The Bertz CT molecular complexity index is 1250. The van der Waals surface area contributed by atoms with E-state index in [2.05, 4.69) is 5.32 Å². The van der Waals surface area contributed by atoms with Crippen molar-refractivity contribution in [3.05, 3.63) is 82.7 Å². The van der Waals surface area contributed by atoms with Gasteiger partial charge >= 0.3 is 5.97 Å². The van der Waals surface area contributed by atoms with Crippen LogP contribution in [0.5, 0.6) is 5.75 Å². The molecule has 0 unspecified atom stereocenters. The summed E-state index contributed by atoms with van der Waals surface area (Å²) in [6.45, 7) is 6.26. The molecule has 0 saturated carbocycles. The predicted octanol–water partition coefficient (Wildman–Crippen LogP) is 4.83. The van der Waals surface area contributed by atoms with Crippen molar-refractivity contribution in [2.24, 2.45) is 0 Å². The van der Waals surface area contributed by atoms with E-state index in [0.29, 0.717) is 23.6 Å². The highest BCUT2D eigenvalue weighted by Gasteiger charge is 2.15. The predicted molar refractivity (Wildman–Crippen MR) is 126 cm³/mol. The molecule has 168 valence electrons. The standard InChI is InChI=1S/C26H25N3O4/c1-5-33-24-11-9-22(10-12-24)28-25(30)21(16-27)14-20-13-17(2)29(18(20)3)23-8-6-7-19(15-23)26(31)32-4/h6-15H,5H2,1-4H3,(H,28,30). The van der Waals surface area contributed by atoms with Crippen LogP contribution in [0.3, 0.4) is 0 Å². The molecule has 0 spiro atoms. The molecule has 0 radical (unpaired) electrons. The fraction of sp³-hybridized carbons (Fsp3) is 0.192. The van der Waals surface area contributed by atoms with Gasteiger partial charge < -0.3 is 19.4 Å². The monoisotopic (exact) mass is 443 g/mol. The molecule has 3 aromatic rings. The maximum atomic E-state index is 12.7. The van der Waals surface area contributed by atoms with Crippen LogP contribution in [0.15, 0.2) is 60.2 Å². The number of aromatic nitrogens is 1. The number of anilines is 1. The van der Waals surface area contributed by atoms with Crippen LogP contribution in [0.25, 0.3) is 11.8 Å². The molecule has 3 rings (SSSR count). The molecule has 0 aliphatic carbocycles. The first-order valence-corrected chi connectivity index (χ1v) is 10.4. The Kier molecular flexibility index (Phi) is 7.31. The van der Waals surface area contributed by atoms with Gasteiger partial charge in [-0.1, -0.05) is 6.07 Å².